The van der Waals surface area contributed by atoms with Crippen LogP contribution >= 0.6 is 0 Å². The second-order valence-electron chi connectivity index (χ2n) is 4.97. The largest absolute Gasteiger partial charge is 0.465 e. The first kappa shape index (κ1) is 16.8. The number of ether oxygens (including phenoxy) is 1. The maximum absolute atomic E-state index is 14.0. The second kappa shape index (κ2) is 6.67. The van der Waals surface area contributed by atoms with Gasteiger partial charge in [-0.25, -0.2) is 4.39 Å². The number of carbonyl (C=O) groups is 2. The molecule has 9 heteroatoms. The highest BCUT2D eigenvalue weighted by molar-refractivity contribution is 6.02. The highest BCUT2D eigenvalue weighted by Crippen LogP contribution is 2.30. The smallest absolute Gasteiger partial charge is 0.316 e. The number of esters is 1. The third-order valence-electron chi connectivity index (χ3n) is 3.57. The van der Waals surface area contributed by atoms with Crippen molar-refractivity contribution in [2.75, 3.05) is 24.6 Å². The van der Waals surface area contributed by atoms with E-state index in [-0.39, 0.29) is 31.8 Å². The number of ketones is 1. The molecule has 1 saturated heterocycles. The van der Waals surface area contributed by atoms with Crippen LogP contribution in [0.5, 0.6) is 0 Å². The molecule has 0 saturated carbocycles. The third-order valence-corrected chi connectivity index (χ3v) is 3.57. The van der Waals surface area contributed by atoms with E-state index in [4.69, 9.17) is 4.74 Å². The Labute approximate surface area is 130 Å². The minimum absolute atomic E-state index is 0.107. The standard InChI is InChI=1S/C14H14F2N2O5/c1-2-23-14(20)8-5-6-17(7-11(8)19)9-3-4-10(18(21)22)13(16)12(9)15/h3-4,8H,2,5-7H2,1H3. The van der Waals surface area contributed by atoms with Gasteiger partial charge in [0.05, 0.1) is 23.8 Å². The van der Waals surface area contributed by atoms with Crippen molar-refractivity contribution in [3.05, 3.63) is 33.9 Å². The quantitative estimate of drug-likeness (QED) is 0.362. The number of halogens is 2. The zero-order valence-electron chi connectivity index (χ0n) is 12.3. The summed E-state index contributed by atoms with van der Waals surface area (Å²) in [5.41, 5.74) is -1.22. The highest BCUT2D eigenvalue weighted by Gasteiger charge is 2.35. The van der Waals surface area contributed by atoms with Crippen LogP contribution in [0.3, 0.4) is 0 Å². The number of rotatable bonds is 4. The van der Waals surface area contributed by atoms with E-state index in [1.165, 1.54) is 4.90 Å². The molecule has 1 aliphatic heterocycles. The van der Waals surface area contributed by atoms with Gasteiger partial charge < -0.3 is 9.64 Å². The van der Waals surface area contributed by atoms with E-state index < -0.39 is 39.9 Å². The highest BCUT2D eigenvalue weighted by atomic mass is 19.2. The summed E-state index contributed by atoms with van der Waals surface area (Å²) >= 11 is 0. The van der Waals surface area contributed by atoms with Crippen molar-refractivity contribution in [1.29, 1.82) is 0 Å². The SMILES string of the molecule is CCOC(=O)C1CCN(c2ccc([N+](=O)[O-])c(F)c2F)CC1=O. The second-order valence-corrected chi connectivity index (χ2v) is 4.97. The molecule has 1 atom stereocenters. The number of piperidine rings is 1. The lowest BCUT2D eigenvalue weighted by molar-refractivity contribution is -0.387. The predicted molar refractivity (Wildman–Crippen MR) is 75.0 cm³/mol. The molecule has 0 aromatic heterocycles. The fraction of sp³-hybridized carbons (Fsp3) is 0.429. The average molecular weight is 328 g/mol. The van der Waals surface area contributed by atoms with Gasteiger partial charge in [-0.05, 0) is 19.4 Å². The van der Waals surface area contributed by atoms with E-state index in [9.17, 15) is 28.5 Å². The lowest BCUT2D eigenvalue weighted by Crippen LogP contribution is -2.44. The molecule has 1 aromatic rings. The Morgan fingerprint density at radius 1 is 1.43 bits per heavy atom. The summed E-state index contributed by atoms with van der Waals surface area (Å²) in [6.07, 6.45) is 0.107. The summed E-state index contributed by atoms with van der Waals surface area (Å²) in [7, 11) is 0. The molecule has 2 rings (SSSR count). The van der Waals surface area contributed by atoms with Gasteiger partial charge in [-0.3, -0.25) is 19.7 Å². The molecule has 1 aromatic carbocycles. The van der Waals surface area contributed by atoms with Crippen LogP contribution in [0.1, 0.15) is 13.3 Å². The molecule has 0 bridgehead atoms. The number of benzene rings is 1. The first-order valence-electron chi connectivity index (χ1n) is 6.93. The van der Waals surface area contributed by atoms with Gasteiger partial charge >= 0.3 is 11.7 Å². The summed E-state index contributed by atoms with van der Waals surface area (Å²) in [5.74, 6) is -4.98. The molecule has 0 spiro atoms. The number of nitro benzene ring substituents is 1. The van der Waals surface area contributed by atoms with Gasteiger partial charge in [-0.1, -0.05) is 0 Å². The Hall–Kier alpha value is -2.58. The van der Waals surface area contributed by atoms with Gasteiger partial charge in [0.25, 0.3) is 0 Å². The van der Waals surface area contributed by atoms with Crippen LogP contribution in [0.2, 0.25) is 0 Å². The average Bonchev–Trinajstić information content (AvgIpc) is 2.49. The van der Waals surface area contributed by atoms with Crippen molar-refractivity contribution >= 4 is 23.1 Å². The molecule has 7 nitrogen and oxygen atoms in total. The Bertz CT molecular complexity index is 665. The summed E-state index contributed by atoms with van der Waals surface area (Å²) < 4.78 is 32.4. The summed E-state index contributed by atoms with van der Waals surface area (Å²) in [4.78, 5) is 34.4. The molecule has 0 N–H and O–H groups in total. The fourth-order valence-corrected chi connectivity index (χ4v) is 2.44. The summed E-state index contributed by atoms with van der Waals surface area (Å²) in [6, 6.07) is 1.89. The molecule has 1 heterocycles. The molecular weight excluding hydrogens is 314 g/mol. The number of hydrogen-bond donors (Lipinski definition) is 0. The summed E-state index contributed by atoms with van der Waals surface area (Å²) in [5, 5.41) is 10.6. The fourth-order valence-electron chi connectivity index (χ4n) is 2.44. The van der Waals surface area contributed by atoms with Crippen LogP contribution in [0.15, 0.2) is 12.1 Å². The van der Waals surface area contributed by atoms with Crippen molar-refractivity contribution in [3.8, 4) is 0 Å². The van der Waals surface area contributed by atoms with E-state index >= 15 is 0 Å². The first-order valence-corrected chi connectivity index (χ1v) is 6.93. The van der Waals surface area contributed by atoms with Crippen LogP contribution in [0.4, 0.5) is 20.2 Å². The van der Waals surface area contributed by atoms with Crippen LogP contribution in [0.25, 0.3) is 0 Å². The summed E-state index contributed by atoms with van der Waals surface area (Å²) in [6.45, 7) is 1.60. The van der Waals surface area contributed by atoms with Gasteiger partial charge in [0.1, 0.15) is 5.92 Å². The minimum Gasteiger partial charge on any atom is -0.465 e. The van der Waals surface area contributed by atoms with E-state index in [1.54, 1.807) is 6.92 Å². The lowest BCUT2D eigenvalue weighted by Gasteiger charge is -2.31. The monoisotopic (exact) mass is 328 g/mol. The van der Waals surface area contributed by atoms with E-state index in [1.807, 2.05) is 0 Å². The van der Waals surface area contributed by atoms with Crippen LogP contribution in [-0.2, 0) is 14.3 Å². The minimum atomic E-state index is -1.58. The maximum Gasteiger partial charge on any atom is 0.316 e. The van der Waals surface area contributed by atoms with Gasteiger partial charge in [-0.15, -0.1) is 0 Å². The van der Waals surface area contributed by atoms with Crippen LogP contribution in [-0.4, -0.2) is 36.4 Å². The van der Waals surface area contributed by atoms with Crippen LogP contribution < -0.4 is 4.90 Å². The normalized spacial score (nSPS) is 18.0. The molecule has 0 radical (unpaired) electrons. The third kappa shape index (κ3) is 3.27. The maximum atomic E-state index is 14.0. The molecule has 1 unspecified atom stereocenters. The molecule has 23 heavy (non-hydrogen) atoms. The zero-order valence-corrected chi connectivity index (χ0v) is 12.3. The Balaban J connectivity index is 2.20. The number of carbonyl (C=O) groups excluding carboxylic acids is 2. The van der Waals surface area contributed by atoms with Crippen molar-refractivity contribution in [2.24, 2.45) is 5.92 Å². The molecule has 1 fully saturated rings. The molecule has 0 amide bonds. The Morgan fingerprint density at radius 3 is 2.70 bits per heavy atom. The number of Topliss-reactive ketones (excluding diaryl/α,β-unsaturated/α-hetero) is 1. The van der Waals surface area contributed by atoms with Gasteiger partial charge in [0.2, 0.25) is 5.82 Å². The molecule has 1 aliphatic rings. The van der Waals surface area contributed by atoms with E-state index in [2.05, 4.69) is 0 Å². The predicted octanol–water partition coefficient (Wildman–Crippen LogP) is 1.83. The Morgan fingerprint density at radius 2 is 2.13 bits per heavy atom. The zero-order chi connectivity index (χ0) is 17.1. The topological polar surface area (TPSA) is 89.8 Å². The van der Waals surface area contributed by atoms with E-state index in [0.29, 0.717) is 0 Å². The molecule has 124 valence electrons. The lowest BCUT2D eigenvalue weighted by atomic mass is 9.95. The van der Waals surface area contributed by atoms with Crippen molar-refractivity contribution < 1.29 is 28.0 Å². The number of nitro groups is 1. The number of hydrogen-bond acceptors (Lipinski definition) is 6. The number of nitrogens with zero attached hydrogens (tertiary/aromatic N) is 2. The van der Waals surface area contributed by atoms with E-state index in [0.717, 1.165) is 12.1 Å². The first-order chi connectivity index (χ1) is 10.9. The van der Waals surface area contributed by atoms with Gasteiger partial charge in [0.15, 0.2) is 11.6 Å². The number of anilines is 1. The van der Waals surface area contributed by atoms with Gasteiger partial charge in [-0.2, -0.15) is 4.39 Å². The van der Waals surface area contributed by atoms with Crippen LogP contribution in [0, 0.1) is 27.7 Å². The molecule has 0 aliphatic carbocycles. The Kier molecular flexibility index (Phi) is 4.87. The molecular formula is C14H14F2N2O5. The van der Waals surface area contributed by atoms with Crippen molar-refractivity contribution in [1.82, 2.24) is 0 Å². The van der Waals surface area contributed by atoms with Crippen molar-refractivity contribution in [2.45, 2.75) is 13.3 Å². The van der Waals surface area contributed by atoms with Crippen molar-refractivity contribution in [3.63, 3.8) is 0 Å². The van der Waals surface area contributed by atoms with Gasteiger partial charge in [0, 0.05) is 12.6 Å².